The summed E-state index contributed by atoms with van der Waals surface area (Å²) in [5.41, 5.74) is -3.09. The van der Waals surface area contributed by atoms with E-state index in [1.807, 2.05) is 26.0 Å². The van der Waals surface area contributed by atoms with Gasteiger partial charge in [0.15, 0.2) is 12.0 Å². The number of carbonyl (C=O) groups is 1. The lowest BCUT2D eigenvalue weighted by Gasteiger charge is -2.28. The summed E-state index contributed by atoms with van der Waals surface area (Å²) in [4.78, 5) is 29.3. The molecule has 2 aliphatic rings. The molecule has 0 saturated carbocycles. The fourth-order valence-corrected chi connectivity index (χ4v) is 5.92. The van der Waals surface area contributed by atoms with Gasteiger partial charge < -0.3 is 28.9 Å². The van der Waals surface area contributed by atoms with Crippen molar-refractivity contribution < 1.29 is 42.8 Å². The number of esters is 1. The molecule has 1 aromatic carbocycles. The van der Waals surface area contributed by atoms with E-state index in [1.54, 1.807) is 30.3 Å². The molecule has 0 radical (unpaired) electrons. The molecule has 4 rings (SSSR count). The molecule has 0 aliphatic carbocycles. The number of benzene rings is 1. The van der Waals surface area contributed by atoms with E-state index in [9.17, 15) is 24.4 Å². The van der Waals surface area contributed by atoms with Crippen molar-refractivity contribution in [2.75, 3.05) is 19.8 Å². The highest BCUT2D eigenvalue weighted by Gasteiger charge is 2.54. The van der Waals surface area contributed by atoms with Crippen molar-refractivity contribution in [3.05, 3.63) is 65.4 Å². The number of hydrogen-bond donors (Lipinski definition) is 3. The molecule has 1 saturated heterocycles. The molecule has 2 aliphatic heterocycles. The first kappa shape index (κ1) is 31.9. The lowest BCUT2D eigenvalue weighted by atomic mass is 9.90. The first-order chi connectivity index (χ1) is 19.8. The van der Waals surface area contributed by atoms with Crippen LogP contribution in [0, 0.1) is 5.41 Å². The Morgan fingerprint density at radius 3 is 2.62 bits per heavy atom. The minimum Gasteiger partial charge on any atom is -0.490 e. The average Bonchev–Trinajstić information content (AvgIpc) is 3.16. The molecule has 6 atom stereocenters. The third kappa shape index (κ3) is 7.85. The van der Waals surface area contributed by atoms with Crippen molar-refractivity contribution >= 4 is 13.7 Å². The van der Waals surface area contributed by atoms with Gasteiger partial charge >= 0.3 is 19.4 Å². The largest absolute Gasteiger partial charge is 0.490 e. The van der Waals surface area contributed by atoms with E-state index < -0.39 is 56.1 Å². The van der Waals surface area contributed by atoms with Gasteiger partial charge in [-0.25, -0.2) is 9.36 Å². The maximum Gasteiger partial charge on any atom is 0.459 e. The summed E-state index contributed by atoms with van der Waals surface area (Å²) in [6.45, 7) is 6.51. The molecule has 1 aromatic heterocycles. The van der Waals surface area contributed by atoms with Crippen LogP contribution in [0.3, 0.4) is 0 Å². The molecule has 13 nitrogen and oxygen atoms in total. The standard InChI is InChI=1S/C28H38N3O10P/c1-19-24(33)38-18-27(2,3)13-9-6-10-14-37-21-15-29-26(34)31(16-21)25-28(4,35)23(32)22(40-25)17-39-42(36,30-19)41-20-11-7-5-8-12-20/h5-9,11-12,15-16,19,22-23,25,32,35H,10,13-14,17-18H2,1-4H3,(H,30,36)/b9-6+/t19-,22-,23-,25-,28-,42?/m1/s1. The highest BCUT2D eigenvalue weighted by molar-refractivity contribution is 7.52. The number of nitrogens with one attached hydrogen (secondary N) is 1. The highest BCUT2D eigenvalue weighted by Crippen LogP contribution is 2.47. The van der Waals surface area contributed by atoms with E-state index in [1.165, 1.54) is 26.2 Å². The second kappa shape index (κ2) is 13.1. The SMILES string of the molecule is C[C@H]1NP(=O)(Oc2ccccc2)OC[C@H]2O[C@@H](n3cc(cnc3=O)OCC/C=C/CC(C)(C)COC1=O)[C@](C)(O)[C@@H]2O. The molecule has 42 heavy (non-hydrogen) atoms. The summed E-state index contributed by atoms with van der Waals surface area (Å²) < 4.78 is 43.3. The minimum atomic E-state index is -4.30. The molecule has 4 bridgehead atoms. The van der Waals surface area contributed by atoms with E-state index in [0.717, 1.165) is 4.57 Å². The van der Waals surface area contributed by atoms with Crippen molar-refractivity contribution in [3.8, 4) is 11.5 Å². The van der Waals surface area contributed by atoms with Crippen LogP contribution in [-0.2, 0) is 23.4 Å². The fraction of sp³-hybridized carbons (Fsp3) is 0.536. The molecular weight excluding hydrogens is 569 g/mol. The quantitative estimate of drug-likeness (QED) is 0.260. The molecule has 1 unspecified atom stereocenters. The summed E-state index contributed by atoms with van der Waals surface area (Å²) in [6, 6.07) is 7.08. The Morgan fingerprint density at radius 2 is 1.88 bits per heavy atom. The van der Waals surface area contributed by atoms with Crippen LogP contribution < -0.4 is 20.0 Å². The zero-order chi connectivity index (χ0) is 30.5. The number of aliphatic hydroxyl groups excluding tert-OH is 1. The molecule has 0 spiro atoms. The third-order valence-electron chi connectivity index (χ3n) is 6.88. The van der Waals surface area contributed by atoms with Crippen LogP contribution in [0.2, 0.25) is 0 Å². The highest BCUT2D eigenvalue weighted by atomic mass is 31.2. The van der Waals surface area contributed by atoms with E-state index in [4.69, 9.17) is 23.3 Å². The van der Waals surface area contributed by atoms with E-state index in [-0.39, 0.29) is 30.1 Å². The van der Waals surface area contributed by atoms with Gasteiger partial charge in [-0.15, -0.1) is 0 Å². The summed E-state index contributed by atoms with van der Waals surface area (Å²) in [5.74, 6) is -0.216. The van der Waals surface area contributed by atoms with Gasteiger partial charge in [0.05, 0.1) is 32.2 Å². The Labute approximate surface area is 244 Å². The van der Waals surface area contributed by atoms with Crippen LogP contribution in [0.5, 0.6) is 11.5 Å². The predicted molar refractivity (Wildman–Crippen MR) is 151 cm³/mol. The van der Waals surface area contributed by atoms with Gasteiger partial charge in [-0.1, -0.05) is 44.2 Å². The van der Waals surface area contributed by atoms with E-state index in [2.05, 4.69) is 10.1 Å². The Hall–Kier alpha value is -3.06. The number of aliphatic hydroxyl groups is 2. The molecule has 14 heteroatoms. The smallest absolute Gasteiger partial charge is 0.459 e. The number of carbonyl (C=O) groups excluding carboxylic acids is 1. The van der Waals surface area contributed by atoms with Gasteiger partial charge in [0.1, 0.15) is 29.6 Å². The van der Waals surface area contributed by atoms with Crippen LogP contribution in [0.15, 0.2) is 59.7 Å². The number of cyclic esters (lactones) is 1. The number of para-hydroxylation sites is 1. The molecule has 0 amide bonds. The fourth-order valence-electron chi connectivity index (χ4n) is 4.42. The second-order valence-corrected chi connectivity index (χ2v) is 13.0. The van der Waals surface area contributed by atoms with Crippen LogP contribution in [0.4, 0.5) is 0 Å². The van der Waals surface area contributed by atoms with Gasteiger partial charge in [0.25, 0.3) is 0 Å². The number of fused-ring (bicyclic) bond motifs is 5. The topological polar surface area (TPSA) is 168 Å². The molecule has 230 valence electrons. The van der Waals surface area contributed by atoms with E-state index >= 15 is 0 Å². The molecule has 1 fully saturated rings. The summed E-state index contributed by atoms with van der Waals surface area (Å²) in [5, 5.41) is 24.7. The van der Waals surface area contributed by atoms with Crippen LogP contribution in [-0.4, -0.2) is 69.4 Å². The van der Waals surface area contributed by atoms with Gasteiger partial charge in [0.2, 0.25) is 0 Å². The predicted octanol–water partition coefficient (Wildman–Crippen LogP) is 2.73. The number of aromatic nitrogens is 2. The lowest BCUT2D eigenvalue weighted by molar-refractivity contribution is -0.148. The Bertz CT molecular complexity index is 1360. The minimum absolute atomic E-state index is 0.106. The Kier molecular flexibility index (Phi) is 9.92. The lowest BCUT2D eigenvalue weighted by Crippen LogP contribution is -2.46. The Morgan fingerprint density at radius 1 is 1.14 bits per heavy atom. The van der Waals surface area contributed by atoms with Crippen molar-refractivity contribution in [2.24, 2.45) is 5.41 Å². The first-order valence-electron chi connectivity index (χ1n) is 13.7. The summed E-state index contributed by atoms with van der Waals surface area (Å²) in [6.07, 6.45) is 3.47. The summed E-state index contributed by atoms with van der Waals surface area (Å²) in [7, 11) is -4.30. The number of allylic oxidation sites excluding steroid dienone is 1. The molecular formula is C28H38N3O10P. The number of nitrogens with zero attached hydrogens (tertiary/aromatic N) is 2. The van der Waals surface area contributed by atoms with Crippen LogP contribution in [0.25, 0.3) is 0 Å². The van der Waals surface area contributed by atoms with Gasteiger partial charge in [-0.2, -0.15) is 10.1 Å². The number of ether oxygens (including phenoxy) is 3. The van der Waals surface area contributed by atoms with Gasteiger partial charge in [0, 0.05) is 5.41 Å². The van der Waals surface area contributed by atoms with E-state index in [0.29, 0.717) is 12.8 Å². The second-order valence-electron chi connectivity index (χ2n) is 11.3. The molecule has 3 heterocycles. The van der Waals surface area contributed by atoms with Crippen molar-refractivity contribution in [1.29, 1.82) is 0 Å². The number of rotatable bonds is 2. The maximum atomic E-state index is 13.9. The Balaban J connectivity index is 1.64. The number of hydrogen-bond acceptors (Lipinski definition) is 11. The monoisotopic (exact) mass is 607 g/mol. The van der Waals surface area contributed by atoms with Crippen molar-refractivity contribution in [1.82, 2.24) is 14.6 Å². The molecule has 3 N–H and O–H groups in total. The first-order valence-corrected chi connectivity index (χ1v) is 15.2. The van der Waals surface area contributed by atoms with Crippen LogP contribution in [0.1, 0.15) is 46.8 Å². The summed E-state index contributed by atoms with van der Waals surface area (Å²) >= 11 is 0. The normalized spacial score (nSPS) is 33.4. The average molecular weight is 608 g/mol. The van der Waals surface area contributed by atoms with Crippen LogP contribution >= 0.6 is 7.75 Å². The van der Waals surface area contributed by atoms with Gasteiger partial charge in [-0.05, 0) is 38.8 Å². The van der Waals surface area contributed by atoms with Crippen molar-refractivity contribution in [2.45, 2.75) is 70.6 Å². The zero-order valence-electron chi connectivity index (χ0n) is 24.0. The zero-order valence-corrected chi connectivity index (χ0v) is 24.9. The molecule has 2 aromatic rings. The maximum absolute atomic E-state index is 13.9. The third-order valence-corrected chi connectivity index (χ3v) is 8.52. The van der Waals surface area contributed by atoms with Gasteiger partial charge in [-0.3, -0.25) is 13.9 Å². The van der Waals surface area contributed by atoms with Crippen molar-refractivity contribution in [3.63, 3.8) is 0 Å².